The summed E-state index contributed by atoms with van der Waals surface area (Å²) < 4.78 is 19.4. The van der Waals surface area contributed by atoms with E-state index >= 15 is 0 Å². The molecular weight excluding hydrogens is 311 g/mol. The van der Waals surface area contributed by atoms with E-state index in [0.717, 1.165) is 21.9 Å². The van der Waals surface area contributed by atoms with Gasteiger partial charge in [-0.3, -0.25) is 4.79 Å². The van der Waals surface area contributed by atoms with Gasteiger partial charge < -0.3 is 4.74 Å². The number of aldehydes is 1. The van der Waals surface area contributed by atoms with Crippen LogP contribution >= 0.6 is 15.9 Å². The average molecular weight is 323 g/mol. The summed E-state index contributed by atoms with van der Waals surface area (Å²) in [4.78, 5) is 11.0. The predicted molar refractivity (Wildman–Crippen MR) is 75.0 cm³/mol. The molecule has 0 atom stereocenters. The van der Waals surface area contributed by atoms with Crippen LogP contribution in [0.5, 0.6) is 5.75 Å². The molecule has 0 N–H and O–H groups in total. The Morgan fingerprint density at radius 3 is 2.79 bits per heavy atom. The Balaban J connectivity index is 2.21. The van der Waals surface area contributed by atoms with Crippen molar-refractivity contribution in [3.05, 3.63) is 63.4 Å². The molecule has 4 heteroatoms. The number of aryl methyl sites for hydroxylation is 1. The summed E-state index contributed by atoms with van der Waals surface area (Å²) in [5.74, 6) is 0.233. The first-order chi connectivity index (χ1) is 9.11. The number of halogens is 2. The standard InChI is InChI=1S/C15H12BrFO2/c1-10-7-13(17)6-5-12(10)9-19-15-11(8-18)3-2-4-14(15)16/h2-8H,9H2,1H3. The Labute approximate surface area is 119 Å². The molecule has 2 rings (SSSR count). The van der Waals surface area contributed by atoms with E-state index in [4.69, 9.17) is 4.74 Å². The average Bonchev–Trinajstić information content (AvgIpc) is 2.39. The van der Waals surface area contributed by atoms with E-state index in [9.17, 15) is 9.18 Å². The lowest BCUT2D eigenvalue weighted by Crippen LogP contribution is -2.01. The highest BCUT2D eigenvalue weighted by Crippen LogP contribution is 2.29. The molecule has 0 aliphatic heterocycles. The predicted octanol–water partition coefficient (Wildman–Crippen LogP) is 4.29. The van der Waals surface area contributed by atoms with Crippen LogP contribution in [0.25, 0.3) is 0 Å². The van der Waals surface area contributed by atoms with Gasteiger partial charge in [0.1, 0.15) is 18.2 Å². The van der Waals surface area contributed by atoms with Gasteiger partial charge in [0.05, 0.1) is 10.0 Å². The van der Waals surface area contributed by atoms with Crippen LogP contribution < -0.4 is 4.74 Å². The monoisotopic (exact) mass is 322 g/mol. The van der Waals surface area contributed by atoms with Crippen molar-refractivity contribution in [1.29, 1.82) is 0 Å². The number of ether oxygens (including phenoxy) is 1. The van der Waals surface area contributed by atoms with Crippen LogP contribution in [0.4, 0.5) is 4.39 Å². The third kappa shape index (κ3) is 3.20. The van der Waals surface area contributed by atoms with E-state index in [1.165, 1.54) is 12.1 Å². The van der Waals surface area contributed by atoms with Gasteiger partial charge in [0, 0.05) is 0 Å². The molecule has 0 heterocycles. The summed E-state index contributed by atoms with van der Waals surface area (Å²) in [6, 6.07) is 9.79. The molecule has 0 aromatic heterocycles. The zero-order chi connectivity index (χ0) is 13.8. The zero-order valence-electron chi connectivity index (χ0n) is 10.3. The Kier molecular flexibility index (Phi) is 4.32. The number of rotatable bonds is 4. The molecule has 0 saturated carbocycles. The summed E-state index contributed by atoms with van der Waals surface area (Å²) in [6.07, 6.45) is 0.748. The van der Waals surface area contributed by atoms with E-state index < -0.39 is 0 Å². The highest BCUT2D eigenvalue weighted by atomic mass is 79.9. The summed E-state index contributed by atoms with van der Waals surface area (Å²) in [7, 11) is 0. The Morgan fingerprint density at radius 1 is 1.32 bits per heavy atom. The maximum Gasteiger partial charge on any atom is 0.153 e. The molecule has 0 aliphatic carbocycles. The van der Waals surface area contributed by atoms with E-state index in [1.54, 1.807) is 24.3 Å². The van der Waals surface area contributed by atoms with Crippen LogP contribution in [-0.4, -0.2) is 6.29 Å². The first-order valence-electron chi connectivity index (χ1n) is 5.73. The summed E-state index contributed by atoms with van der Waals surface area (Å²) in [6.45, 7) is 2.11. The van der Waals surface area contributed by atoms with Crippen molar-refractivity contribution in [2.75, 3.05) is 0 Å². The Hall–Kier alpha value is -1.68. The molecule has 19 heavy (non-hydrogen) atoms. The topological polar surface area (TPSA) is 26.3 Å². The van der Waals surface area contributed by atoms with E-state index in [-0.39, 0.29) is 12.4 Å². The first-order valence-corrected chi connectivity index (χ1v) is 6.52. The van der Waals surface area contributed by atoms with Crippen molar-refractivity contribution >= 4 is 22.2 Å². The molecule has 98 valence electrons. The maximum atomic E-state index is 13.0. The fraction of sp³-hybridized carbons (Fsp3) is 0.133. The highest BCUT2D eigenvalue weighted by Gasteiger charge is 2.08. The molecule has 0 aliphatic rings. The zero-order valence-corrected chi connectivity index (χ0v) is 11.9. The second kappa shape index (κ2) is 5.97. The van der Waals surface area contributed by atoms with Crippen molar-refractivity contribution in [2.45, 2.75) is 13.5 Å². The minimum absolute atomic E-state index is 0.268. The van der Waals surface area contributed by atoms with Crippen LogP contribution in [0.1, 0.15) is 21.5 Å². The smallest absolute Gasteiger partial charge is 0.153 e. The van der Waals surface area contributed by atoms with Crippen LogP contribution in [0.15, 0.2) is 40.9 Å². The number of hydrogen-bond donors (Lipinski definition) is 0. The van der Waals surface area contributed by atoms with Crippen LogP contribution in [0, 0.1) is 12.7 Å². The molecule has 2 aromatic rings. The lowest BCUT2D eigenvalue weighted by Gasteiger charge is -2.12. The Bertz CT molecular complexity index is 611. The molecule has 0 unspecified atom stereocenters. The summed E-state index contributed by atoms with van der Waals surface area (Å²) in [5.41, 5.74) is 2.18. The van der Waals surface area contributed by atoms with Gasteiger partial charge in [-0.05, 0) is 58.2 Å². The van der Waals surface area contributed by atoms with Gasteiger partial charge in [-0.2, -0.15) is 0 Å². The second-order valence-corrected chi connectivity index (χ2v) is 4.99. The molecule has 0 amide bonds. The summed E-state index contributed by atoms with van der Waals surface area (Å²) in [5, 5.41) is 0. The van der Waals surface area contributed by atoms with Crippen molar-refractivity contribution < 1.29 is 13.9 Å². The molecule has 0 saturated heterocycles. The van der Waals surface area contributed by atoms with Gasteiger partial charge in [-0.25, -0.2) is 4.39 Å². The lowest BCUT2D eigenvalue weighted by molar-refractivity contribution is 0.111. The Morgan fingerprint density at radius 2 is 2.11 bits per heavy atom. The number of carbonyl (C=O) groups excluding carboxylic acids is 1. The van der Waals surface area contributed by atoms with Gasteiger partial charge in [-0.15, -0.1) is 0 Å². The maximum absolute atomic E-state index is 13.0. The van der Waals surface area contributed by atoms with Gasteiger partial charge in [0.15, 0.2) is 6.29 Å². The molecule has 0 bridgehead atoms. The fourth-order valence-corrected chi connectivity index (χ4v) is 2.24. The van der Waals surface area contributed by atoms with Gasteiger partial charge in [0.2, 0.25) is 0 Å². The molecule has 0 fully saturated rings. The van der Waals surface area contributed by atoms with E-state index in [0.29, 0.717) is 11.3 Å². The van der Waals surface area contributed by atoms with Crippen molar-refractivity contribution in [1.82, 2.24) is 0 Å². The van der Waals surface area contributed by atoms with Crippen molar-refractivity contribution in [2.24, 2.45) is 0 Å². The third-order valence-corrected chi connectivity index (χ3v) is 3.43. The van der Waals surface area contributed by atoms with Crippen LogP contribution in [0.3, 0.4) is 0 Å². The molecule has 2 nitrogen and oxygen atoms in total. The number of para-hydroxylation sites is 1. The summed E-state index contributed by atoms with van der Waals surface area (Å²) >= 11 is 3.35. The minimum atomic E-state index is -0.268. The van der Waals surface area contributed by atoms with Crippen LogP contribution in [-0.2, 0) is 6.61 Å². The normalized spacial score (nSPS) is 10.3. The van der Waals surface area contributed by atoms with Crippen molar-refractivity contribution in [3.8, 4) is 5.75 Å². The number of hydrogen-bond acceptors (Lipinski definition) is 2. The second-order valence-electron chi connectivity index (χ2n) is 4.14. The largest absolute Gasteiger partial charge is 0.487 e. The molecule has 2 aromatic carbocycles. The van der Waals surface area contributed by atoms with Gasteiger partial charge in [-0.1, -0.05) is 12.1 Å². The fourth-order valence-electron chi connectivity index (χ4n) is 1.74. The lowest BCUT2D eigenvalue weighted by atomic mass is 10.1. The SMILES string of the molecule is Cc1cc(F)ccc1COc1c(Br)cccc1C=O. The highest BCUT2D eigenvalue weighted by molar-refractivity contribution is 9.10. The molecule has 0 spiro atoms. The van der Waals surface area contributed by atoms with E-state index in [1.807, 2.05) is 6.92 Å². The van der Waals surface area contributed by atoms with Crippen LogP contribution in [0.2, 0.25) is 0 Å². The number of benzene rings is 2. The van der Waals surface area contributed by atoms with Gasteiger partial charge >= 0.3 is 0 Å². The minimum Gasteiger partial charge on any atom is -0.487 e. The number of carbonyl (C=O) groups is 1. The van der Waals surface area contributed by atoms with Gasteiger partial charge in [0.25, 0.3) is 0 Å². The first kappa shape index (κ1) is 13.7. The quantitative estimate of drug-likeness (QED) is 0.785. The van der Waals surface area contributed by atoms with E-state index in [2.05, 4.69) is 15.9 Å². The van der Waals surface area contributed by atoms with Crippen molar-refractivity contribution in [3.63, 3.8) is 0 Å². The third-order valence-electron chi connectivity index (χ3n) is 2.80. The molecule has 0 radical (unpaired) electrons. The molecular formula is C15H12BrFO2.